The topological polar surface area (TPSA) is 28.4 Å². The minimum atomic E-state index is 0.353. The van der Waals surface area contributed by atoms with E-state index < -0.39 is 0 Å². The fraction of sp³-hybridized carbons (Fsp3) is 0.455. The summed E-state index contributed by atoms with van der Waals surface area (Å²) in [6.07, 6.45) is 5.89. The number of allylic oxidation sites excluding steroid dienone is 1. The molecular formula is C11H21N2OP3. The van der Waals surface area contributed by atoms with Crippen LogP contribution in [0, 0.1) is 0 Å². The van der Waals surface area contributed by atoms with Gasteiger partial charge in [-0.05, 0) is 40.8 Å². The van der Waals surface area contributed by atoms with Crippen molar-refractivity contribution in [2.24, 2.45) is 0 Å². The Labute approximate surface area is 110 Å². The quantitative estimate of drug-likeness (QED) is 0.667. The van der Waals surface area contributed by atoms with E-state index in [0.29, 0.717) is 5.76 Å². The maximum absolute atomic E-state index is 9.46. The molecule has 96 valence electrons. The highest BCUT2D eigenvalue weighted by Gasteiger charge is 2.11. The van der Waals surface area contributed by atoms with E-state index in [9.17, 15) is 5.11 Å². The summed E-state index contributed by atoms with van der Waals surface area (Å²) in [4.78, 5) is 0. The third kappa shape index (κ3) is 4.34. The molecule has 0 fully saturated rings. The van der Waals surface area contributed by atoms with Crippen LogP contribution in [0.4, 0.5) is 0 Å². The van der Waals surface area contributed by atoms with Crippen molar-refractivity contribution in [3.05, 3.63) is 28.8 Å². The highest BCUT2D eigenvalue weighted by atomic mass is 31.1. The molecule has 6 heteroatoms. The second kappa shape index (κ2) is 6.86. The predicted octanol–water partition coefficient (Wildman–Crippen LogP) is 3.03. The Balaban J connectivity index is 3.07. The number of aromatic nitrogens is 1. The van der Waals surface area contributed by atoms with Crippen molar-refractivity contribution in [3.63, 3.8) is 0 Å². The van der Waals surface area contributed by atoms with E-state index in [1.165, 1.54) is 11.3 Å². The summed E-state index contributed by atoms with van der Waals surface area (Å²) < 4.78 is 4.07. The Hall–Kier alpha value is 0.0700. The molecule has 1 aromatic heterocycles. The number of nitrogens with zero attached hydrogens (tertiary/aromatic N) is 2. The van der Waals surface area contributed by atoms with Gasteiger partial charge in [0, 0.05) is 24.0 Å². The van der Waals surface area contributed by atoms with Gasteiger partial charge in [0.25, 0.3) is 0 Å². The molecule has 3 nitrogen and oxygen atoms in total. The van der Waals surface area contributed by atoms with Crippen molar-refractivity contribution in [2.45, 2.75) is 26.7 Å². The number of aliphatic hydroxyl groups excluding tert-OH is 1. The lowest BCUT2D eigenvalue weighted by Crippen LogP contribution is -2.02. The Morgan fingerprint density at radius 3 is 2.65 bits per heavy atom. The van der Waals surface area contributed by atoms with Gasteiger partial charge >= 0.3 is 0 Å². The van der Waals surface area contributed by atoms with Crippen LogP contribution < -0.4 is 0 Å². The summed E-state index contributed by atoms with van der Waals surface area (Å²) in [5.74, 6) is 0.353. The van der Waals surface area contributed by atoms with Crippen LogP contribution >= 0.6 is 28.2 Å². The van der Waals surface area contributed by atoms with E-state index >= 15 is 0 Å². The predicted molar refractivity (Wildman–Crippen MR) is 85.0 cm³/mol. The number of hydrogen-bond donors (Lipinski definition) is 1. The van der Waals surface area contributed by atoms with Gasteiger partial charge < -0.3 is 9.44 Å². The van der Waals surface area contributed by atoms with E-state index in [1.807, 2.05) is 10.5 Å². The molecule has 0 aromatic carbocycles. The second-order valence-electron chi connectivity index (χ2n) is 4.05. The first kappa shape index (κ1) is 15.1. The minimum absolute atomic E-state index is 0.353. The van der Waals surface area contributed by atoms with E-state index in [2.05, 4.69) is 45.6 Å². The van der Waals surface area contributed by atoms with Crippen LogP contribution in [0.2, 0.25) is 0 Å². The zero-order valence-electron chi connectivity index (χ0n) is 10.3. The van der Waals surface area contributed by atoms with Crippen LogP contribution in [-0.4, -0.2) is 20.4 Å². The number of rotatable bonds is 5. The van der Waals surface area contributed by atoms with Gasteiger partial charge in [-0.3, -0.25) is 4.44 Å². The fourth-order valence-electron chi connectivity index (χ4n) is 1.85. The van der Waals surface area contributed by atoms with Crippen molar-refractivity contribution < 1.29 is 5.11 Å². The van der Waals surface area contributed by atoms with Gasteiger partial charge in [0.2, 0.25) is 0 Å². The standard InChI is InChI=1S/C11H21N2OP3/c1-3-11-10(6-8(2)14)9(7-12(11)15)4-5-13(16)17/h6-7,14H,3-5,15-17H2,1-2H3/b8-6+. The Morgan fingerprint density at radius 2 is 2.18 bits per heavy atom. The average Bonchev–Trinajstić information content (AvgIpc) is 2.51. The Morgan fingerprint density at radius 1 is 1.53 bits per heavy atom. The number of hydrogen-bond acceptors (Lipinski definition) is 2. The van der Waals surface area contributed by atoms with Gasteiger partial charge in [-0.25, -0.2) is 0 Å². The van der Waals surface area contributed by atoms with Gasteiger partial charge in [-0.15, -0.1) is 0 Å². The summed E-state index contributed by atoms with van der Waals surface area (Å²) in [7, 11) is 7.96. The molecule has 17 heavy (non-hydrogen) atoms. The first-order valence-electron chi connectivity index (χ1n) is 5.58. The molecule has 0 bridgehead atoms. The molecular weight excluding hydrogens is 269 g/mol. The zero-order chi connectivity index (χ0) is 13.0. The lowest BCUT2D eigenvalue weighted by molar-refractivity contribution is 0.419. The van der Waals surface area contributed by atoms with Gasteiger partial charge in [-0.1, -0.05) is 25.7 Å². The van der Waals surface area contributed by atoms with Crippen LogP contribution in [0.25, 0.3) is 6.08 Å². The second-order valence-corrected chi connectivity index (χ2v) is 6.53. The summed E-state index contributed by atoms with van der Waals surface area (Å²) in [6.45, 7) is 4.78. The van der Waals surface area contributed by atoms with Gasteiger partial charge in [0.15, 0.2) is 0 Å². The summed E-state index contributed by atoms with van der Waals surface area (Å²) in [6, 6.07) is 0. The minimum Gasteiger partial charge on any atom is -0.513 e. The lowest BCUT2D eigenvalue weighted by atomic mass is 10.1. The molecule has 1 heterocycles. The van der Waals surface area contributed by atoms with Crippen molar-refractivity contribution in [3.8, 4) is 0 Å². The maximum atomic E-state index is 9.46. The molecule has 0 radical (unpaired) electrons. The molecule has 0 amide bonds. The van der Waals surface area contributed by atoms with Crippen LogP contribution in [-0.2, 0) is 12.8 Å². The van der Waals surface area contributed by atoms with Crippen molar-refractivity contribution >= 4 is 34.2 Å². The van der Waals surface area contributed by atoms with Crippen LogP contribution in [0.5, 0.6) is 0 Å². The van der Waals surface area contributed by atoms with Crippen molar-refractivity contribution in [2.75, 3.05) is 6.54 Å². The molecule has 0 aliphatic carbocycles. The molecule has 1 N–H and O–H groups in total. The molecule has 0 aliphatic rings. The first-order valence-corrected chi connectivity index (χ1v) is 7.13. The summed E-state index contributed by atoms with van der Waals surface area (Å²) >= 11 is 0. The molecule has 0 spiro atoms. The van der Waals surface area contributed by atoms with E-state index in [4.69, 9.17) is 0 Å². The Kier molecular flexibility index (Phi) is 6.10. The third-order valence-electron chi connectivity index (χ3n) is 2.59. The Bertz CT molecular complexity index is 409. The lowest BCUT2D eigenvalue weighted by Gasteiger charge is -2.08. The SMILES string of the molecule is CCc1c(/C=C(\C)O)c(CCN(P)P)cn1P. The van der Waals surface area contributed by atoms with Crippen LogP contribution in [0.15, 0.2) is 12.0 Å². The molecule has 0 aliphatic heterocycles. The monoisotopic (exact) mass is 290 g/mol. The average molecular weight is 290 g/mol. The van der Waals surface area contributed by atoms with Crippen LogP contribution in [0.3, 0.4) is 0 Å². The fourth-order valence-corrected chi connectivity index (χ4v) is 2.61. The third-order valence-corrected chi connectivity index (χ3v) is 3.57. The molecule has 0 saturated heterocycles. The zero-order valence-corrected chi connectivity index (χ0v) is 13.8. The first-order chi connectivity index (χ1) is 7.95. The summed E-state index contributed by atoms with van der Waals surface area (Å²) in [5, 5.41) is 9.46. The molecule has 1 rings (SSSR count). The van der Waals surface area contributed by atoms with Gasteiger partial charge in [0.1, 0.15) is 0 Å². The number of aliphatic hydroxyl groups is 1. The molecule has 1 aromatic rings. The van der Waals surface area contributed by atoms with Crippen molar-refractivity contribution in [1.29, 1.82) is 0 Å². The smallest absolute Gasteiger partial charge is 0.0898 e. The highest BCUT2D eigenvalue weighted by molar-refractivity contribution is 7.30. The van der Waals surface area contributed by atoms with Crippen LogP contribution in [0.1, 0.15) is 30.7 Å². The normalized spacial score (nSPS) is 12.5. The maximum Gasteiger partial charge on any atom is 0.0898 e. The van der Waals surface area contributed by atoms with Crippen molar-refractivity contribution in [1.82, 2.24) is 8.78 Å². The molecule has 0 saturated carbocycles. The largest absolute Gasteiger partial charge is 0.513 e. The van der Waals surface area contributed by atoms with Gasteiger partial charge in [-0.2, -0.15) is 0 Å². The molecule has 3 unspecified atom stereocenters. The summed E-state index contributed by atoms with van der Waals surface area (Å²) in [5.41, 5.74) is 3.65. The van der Waals surface area contributed by atoms with E-state index in [-0.39, 0.29) is 0 Å². The van der Waals surface area contributed by atoms with Gasteiger partial charge in [0.05, 0.1) is 5.76 Å². The van der Waals surface area contributed by atoms with E-state index in [0.717, 1.165) is 24.9 Å². The highest BCUT2D eigenvalue weighted by Crippen LogP contribution is 2.24. The van der Waals surface area contributed by atoms with E-state index in [1.54, 1.807) is 6.92 Å². The molecule has 3 atom stereocenters.